The molecule has 19 heavy (non-hydrogen) atoms. The van der Waals surface area contributed by atoms with Crippen LogP contribution in [-0.2, 0) is 4.74 Å². The summed E-state index contributed by atoms with van der Waals surface area (Å²) in [5.41, 5.74) is 2.26. The first-order valence-electron chi connectivity index (χ1n) is 6.49. The van der Waals surface area contributed by atoms with E-state index in [0.29, 0.717) is 0 Å². The molecule has 0 spiro atoms. The van der Waals surface area contributed by atoms with Crippen LogP contribution in [0.3, 0.4) is 0 Å². The molecule has 0 aromatic heterocycles. The van der Waals surface area contributed by atoms with Crippen molar-refractivity contribution in [1.29, 1.82) is 0 Å². The summed E-state index contributed by atoms with van der Waals surface area (Å²) in [5.74, 6) is 0. The van der Waals surface area contributed by atoms with Crippen LogP contribution in [0.5, 0.6) is 0 Å². The first-order chi connectivity index (χ1) is 9.18. The predicted molar refractivity (Wildman–Crippen MR) is 83.1 cm³/mol. The van der Waals surface area contributed by atoms with E-state index >= 15 is 0 Å². The van der Waals surface area contributed by atoms with Gasteiger partial charge in [0.25, 0.3) is 0 Å². The summed E-state index contributed by atoms with van der Waals surface area (Å²) in [5, 5.41) is 0. The number of thiocarbonyl (C=S) groups is 1. The zero-order chi connectivity index (χ0) is 13.7. The lowest BCUT2D eigenvalue weighted by atomic mass is 10.1. The second-order valence-corrected chi connectivity index (χ2v) is 5.16. The third-order valence-electron chi connectivity index (χ3n) is 3.00. The number of nitrogens with zero attached hydrogens (tertiary/aromatic N) is 2. The molecule has 1 fully saturated rings. The Hall–Kier alpha value is -1.39. The smallest absolute Gasteiger partial charge is 0.111 e. The summed E-state index contributed by atoms with van der Waals surface area (Å²) in [7, 11) is 4.04. The van der Waals surface area contributed by atoms with Crippen molar-refractivity contribution >= 4 is 22.8 Å². The van der Waals surface area contributed by atoms with Gasteiger partial charge >= 0.3 is 0 Å². The second-order valence-electron chi connectivity index (χ2n) is 4.78. The highest BCUT2D eigenvalue weighted by molar-refractivity contribution is 7.81. The van der Waals surface area contributed by atoms with Crippen molar-refractivity contribution in [2.24, 2.45) is 0 Å². The lowest BCUT2D eigenvalue weighted by molar-refractivity contribution is 0.0696. The number of hydrogen-bond donors (Lipinski definition) is 0. The van der Waals surface area contributed by atoms with Gasteiger partial charge in [-0.15, -0.1) is 0 Å². The molecule has 0 saturated carbocycles. The fourth-order valence-corrected chi connectivity index (χ4v) is 2.42. The van der Waals surface area contributed by atoms with Gasteiger partial charge in [0.15, 0.2) is 0 Å². The molecule has 1 aromatic carbocycles. The molecular weight excluding hydrogens is 256 g/mol. The van der Waals surface area contributed by atoms with Crippen LogP contribution in [0, 0.1) is 0 Å². The largest absolute Gasteiger partial charge is 0.383 e. The Balaban J connectivity index is 2.25. The standard InChI is InChI=1S/C15H20N2OS/c1-16(2)12-14(13-6-4-3-5-7-13)15(19)17-8-10-18-11-9-17/h3-7,12H,8-11H2,1-2H3/b14-12+. The van der Waals surface area contributed by atoms with E-state index in [2.05, 4.69) is 23.2 Å². The van der Waals surface area contributed by atoms with Gasteiger partial charge < -0.3 is 14.5 Å². The Morgan fingerprint density at radius 2 is 1.84 bits per heavy atom. The SMILES string of the molecule is CN(C)/C=C(/C(=S)N1CCOCC1)c1ccccc1. The van der Waals surface area contributed by atoms with E-state index in [-0.39, 0.29) is 0 Å². The monoisotopic (exact) mass is 276 g/mol. The van der Waals surface area contributed by atoms with Gasteiger partial charge in [0.05, 0.1) is 13.2 Å². The normalized spacial score (nSPS) is 16.3. The van der Waals surface area contributed by atoms with Crippen LogP contribution in [0.2, 0.25) is 0 Å². The van der Waals surface area contributed by atoms with Gasteiger partial charge in [-0.1, -0.05) is 42.5 Å². The van der Waals surface area contributed by atoms with Crippen molar-refractivity contribution in [2.45, 2.75) is 0 Å². The molecular formula is C15H20N2OS. The van der Waals surface area contributed by atoms with Gasteiger partial charge in [-0.25, -0.2) is 0 Å². The Labute approximate surface area is 120 Å². The molecule has 1 heterocycles. The Bertz CT molecular complexity index is 450. The molecule has 0 aliphatic carbocycles. The van der Waals surface area contributed by atoms with Gasteiger partial charge in [-0.2, -0.15) is 0 Å². The highest BCUT2D eigenvalue weighted by Gasteiger charge is 2.18. The van der Waals surface area contributed by atoms with Crippen molar-refractivity contribution in [1.82, 2.24) is 9.80 Å². The van der Waals surface area contributed by atoms with Crippen LogP contribution < -0.4 is 0 Å². The zero-order valence-corrected chi connectivity index (χ0v) is 12.3. The summed E-state index contributed by atoms with van der Waals surface area (Å²) in [6, 6.07) is 10.3. The second kappa shape index (κ2) is 6.68. The lowest BCUT2D eigenvalue weighted by Crippen LogP contribution is -2.40. The lowest BCUT2D eigenvalue weighted by Gasteiger charge is -2.30. The highest BCUT2D eigenvalue weighted by atomic mass is 32.1. The van der Waals surface area contributed by atoms with E-state index in [4.69, 9.17) is 17.0 Å². The summed E-state index contributed by atoms with van der Waals surface area (Å²) < 4.78 is 5.39. The fourth-order valence-electron chi connectivity index (χ4n) is 2.07. The van der Waals surface area contributed by atoms with E-state index in [1.165, 1.54) is 0 Å². The zero-order valence-electron chi connectivity index (χ0n) is 11.5. The summed E-state index contributed by atoms with van der Waals surface area (Å²) in [4.78, 5) is 5.17. The molecule has 0 atom stereocenters. The van der Waals surface area contributed by atoms with Crippen molar-refractivity contribution in [3.8, 4) is 0 Å². The van der Waals surface area contributed by atoms with Crippen LogP contribution in [0.15, 0.2) is 36.5 Å². The van der Waals surface area contributed by atoms with Gasteiger partial charge in [0.2, 0.25) is 0 Å². The average molecular weight is 276 g/mol. The van der Waals surface area contributed by atoms with Crippen LogP contribution >= 0.6 is 12.2 Å². The van der Waals surface area contributed by atoms with Crippen LogP contribution in [0.1, 0.15) is 5.56 Å². The molecule has 0 radical (unpaired) electrons. The van der Waals surface area contributed by atoms with Gasteiger partial charge in [-0.05, 0) is 5.56 Å². The highest BCUT2D eigenvalue weighted by Crippen LogP contribution is 2.19. The third kappa shape index (κ3) is 3.78. The molecule has 1 saturated heterocycles. The molecule has 1 aliphatic rings. The number of benzene rings is 1. The molecule has 0 bridgehead atoms. The minimum atomic E-state index is 0.754. The molecule has 0 amide bonds. The summed E-state index contributed by atoms with van der Waals surface area (Å²) in [6.07, 6.45) is 2.09. The summed E-state index contributed by atoms with van der Waals surface area (Å²) in [6.45, 7) is 3.25. The van der Waals surface area contributed by atoms with E-state index in [0.717, 1.165) is 42.4 Å². The van der Waals surface area contributed by atoms with E-state index in [9.17, 15) is 0 Å². The molecule has 4 heteroatoms. The number of ether oxygens (including phenoxy) is 1. The maximum Gasteiger partial charge on any atom is 0.111 e. The number of morpholine rings is 1. The average Bonchev–Trinajstić information content (AvgIpc) is 2.46. The molecule has 102 valence electrons. The van der Waals surface area contributed by atoms with Gasteiger partial charge in [0.1, 0.15) is 4.99 Å². The molecule has 1 aromatic rings. The van der Waals surface area contributed by atoms with Crippen molar-refractivity contribution < 1.29 is 4.74 Å². The van der Waals surface area contributed by atoms with E-state index in [1.54, 1.807) is 0 Å². The molecule has 0 unspecified atom stereocenters. The minimum Gasteiger partial charge on any atom is -0.383 e. The fraction of sp³-hybridized carbons (Fsp3) is 0.400. The van der Waals surface area contributed by atoms with Crippen LogP contribution in [-0.4, -0.2) is 55.2 Å². The van der Waals surface area contributed by atoms with Crippen LogP contribution in [0.25, 0.3) is 5.57 Å². The molecule has 0 N–H and O–H groups in total. The Morgan fingerprint density at radius 1 is 1.21 bits per heavy atom. The number of hydrogen-bond acceptors (Lipinski definition) is 3. The Kier molecular flexibility index (Phi) is 4.93. The van der Waals surface area contributed by atoms with E-state index < -0.39 is 0 Å². The van der Waals surface area contributed by atoms with Crippen LogP contribution in [0.4, 0.5) is 0 Å². The van der Waals surface area contributed by atoms with Crippen molar-refractivity contribution in [2.75, 3.05) is 40.4 Å². The minimum absolute atomic E-state index is 0.754. The maximum absolute atomic E-state index is 5.67. The topological polar surface area (TPSA) is 15.7 Å². The number of rotatable bonds is 3. The van der Waals surface area contributed by atoms with Crippen molar-refractivity contribution in [3.63, 3.8) is 0 Å². The Morgan fingerprint density at radius 3 is 2.42 bits per heavy atom. The maximum atomic E-state index is 5.67. The summed E-state index contributed by atoms with van der Waals surface area (Å²) >= 11 is 5.67. The quantitative estimate of drug-likeness (QED) is 0.621. The van der Waals surface area contributed by atoms with Gasteiger partial charge in [-0.3, -0.25) is 0 Å². The first-order valence-corrected chi connectivity index (χ1v) is 6.90. The third-order valence-corrected chi connectivity index (χ3v) is 3.48. The van der Waals surface area contributed by atoms with E-state index in [1.807, 2.05) is 37.2 Å². The molecule has 1 aliphatic heterocycles. The van der Waals surface area contributed by atoms with Crippen molar-refractivity contribution in [3.05, 3.63) is 42.1 Å². The molecule has 2 rings (SSSR count). The molecule has 3 nitrogen and oxygen atoms in total. The predicted octanol–water partition coefficient (Wildman–Crippen LogP) is 2.25. The van der Waals surface area contributed by atoms with Gasteiger partial charge in [0, 0.05) is 39.0 Å². The first kappa shape index (κ1) is 14.0.